The van der Waals surface area contributed by atoms with Crippen LogP contribution in [0.25, 0.3) is 0 Å². The number of hydrogen-bond donors (Lipinski definition) is 2. The zero-order valence-electron chi connectivity index (χ0n) is 13.1. The summed E-state index contributed by atoms with van der Waals surface area (Å²) in [6.45, 7) is 4.02. The molecule has 1 aromatic rings. The van der Waals surface area contributed by atoms with Crippen molar-refractivity contribution < 1.29 is 4.79 Å². The molecule has 1 heterocycles. The van der Waals surface area contributed by atoms with Gasteiger partial charge in [-0.25, -0.2) is 0 Å². The fraction of sp³-hybridized carbons (Fsp3) is 0.611. The first-order chi connectivity index (χ1) is 10.0. The second-order valence-corrected chi connectivity index (χ2v) is 7.49. The molecule has 0 spiro atoms. The average molecular weight is 284 g/mol. The number of anilines is 1. The lowest BCUT2D eigenvalue weighted by atomic mass is 9.84. The number of hydrogen-bond acceptors (Lipinski definition) is 2. The number of carbonyl (C=O) groups excluding carboxylic acids is 1. The van der Waals surface area contributed by atoms with Crippen LogP contribution in [0.4, 0.5) is 5.69 Å². The maximum Gasteiger partial charge on any atom is 0.234 e. The molecule has 0 radical (unpaired) electrons. The van der Waals surface area contributed by atoms with E-state index in [1.165, 1.54) is 24.8 Å². The molecule has 3 heteroatoms. The van der Waals surface area contributed by atoms with Gasteiger partial charge in [-0.05, 0) is 68.7 Å². The van der Waals surface area contributed by atoms with Gasteiger partial charge in [0.15, 0.2) is 0 Å². The van der Waals surface area contributed by atoms with Crippen molar-refractivity contribution >= 4 is 11.6 Å². The second-order valence-electron chi connectivity index (χ2n) is 7.49. The molecule has 0 saturated heterocycles. The maximum absolute atomic E-state index is 12.1. The topological polar surface area (TPSA) is 41.1 Å². The summed E-state index contributed by atoms with van der Waals surface area (Å²) in [7, 11) is 2.07. The Morgan fingerprint density at radius 2 is 2.00 bits per heavy atom. The second kappa shape index (κ2) is 4.33. The predicted octanol–water partition coefficient (Wildman–Crippen LogP) is 3.22. The Bertz CT molecular complexity index is 597. The zero-order valence-corrected chi connectivity index (χ0v) is 13.1. The van der Waals surface area contributed by atoms with Gasteiger partial charge in [-0.3, -0.25) is 4.79 Å². The first kappa shape index (κ1) is 13.3. The highest BCUT2D eigenvalue weighted by Crippen LogP contribution is 2.62. The van der Waals surface area contributed by atoms with Crippen LogP contribution in [-0.4, -0.2) is 13.0 Å². The van der Waals surface area contributed by atoms with E-state index in [9.17, 15) is 4.79 Å². The van der Waals surface area contributed by atoms with Crippen LogP contribution in [-0.2, 0) is 10.2 Å². The lowest BCUT2D eigenvalue weighted by Gasteiger charge is -2.21. The average Bonchev–Trinajstić information content (AvgIpc) is 2.82. The molecular formula is C18H24N2O. The Labute approximate surface area is 126 Å². The van der Waals surface area contributed by atoms with Crippen molar-refractivity contribution in [2.45, 2.75) is 44.6 Å². The van der Waals surface area contributed by atoms with Crippen LogP contribution >= 0.6 is 0 Å². The van der Waals surface area contributed by atoms with Gasteiger partial charge in [-0.15, -0.1) is 0 Å². The van der Waals surface area contributed by atoms with Crippen molar-refractivity contribution in [1.29, 1.82) is 0 Å². The van der Waals surface area contributed by atoms with Gasteiger partial charge in [0, 0.05) is 11.7 Å². The fourth-order valence-electron chi connectivity index (χ4n) is 4.73. The summed E-state index contributed by atoms with van der Waals surface area (Å²) < 4.78 is 0. The third kappa shape index (κ3) is 1.80. The smallest absolute Gasteiger partial charge is 0.234 e. The van der Waals surface area contributed by atoms with Crippen molar-refractivity contribution in [3.8, 4) is 0 Å². The number of rotatable bonds is 3. The maximum atomic E-state index is 12.1. The van der Waals surface area contributed by atoms with Crippen LogP contribution in [0.1, 0.15) is 50.3 Å². The van der Waals surface area contributed by atoms with E-state index in [-0.39, 0.29) is 5.91 Å². The first-order valence-electron chi connectivity index (χ1n) is 8.17. The lowest BCUT2D eigenvalue weighted by molar-refractivity contribution is -0.119. The number of nitrogens with one attached hydrogen (secondary N) is 2. The monoisotopic (exact) mass is 284 g/mol. The van der Waals surface area contributed by atoms with Gasteiger partial charge in [-0.2, -0.15) is 0 Å². The molecule has 1 amide bonds. The van der Waals surface area contributed by atoms with Crippen molar-refractivity contribution in [3.05, 3.63) is 29.3 Å². The lowest BCUT2D eigenvalue weighted by Crippen LogP contribution is -2.27. The Hall–Kier alpha value is -1.35. The Morgan fingerprint density at radius 3 is 2.67 bits per heavy atom. The van der Waals surface area contributed by atoms with Crippen LogP contribution in [0.15, 0.2) is 18.2 Å². The summed E-state index contributed by atoms with van der Waals surface area (Å²) in [6.07, 6.45) is 4.23. The summed E-state index contributed by atoms with van der Waals surface area (Å²) in [6, 6.07) is 6.97. The molecule has 112 valence electrons. The summed E-state index contributed by atoms with van der Waals surface area (Å²) in [5.74, 6) is 2.78. The largest absolute Gasteiger partial charge is 0.325 e. The summed E-state index contributed by atoms with van der Waals surface area (Å²) in [5, 5.41) is 6.53. The molecule has 2 N–H and O–H groups in total. The van der Waals surface area contributed by atoms with Crippen molar-refractivity contribution in [2.24, 2.45) is 17.8 Å². The molecule has 2 saturated carbocycles. The van der Waals surface area contributed by atoms with Crippen LogP contribution in [0.3, 0.4) is 0 Å². The van der Waals surface area contributed by atoms with Gasteiger partial charge in [-0.1, -0.05) is 18.6 Å². The van der Waals surface area contributed by atoms with Gasteiger partial charge in [0.05, 0.1) is 5.41 Å². The molecule has 21 heavy (non-hydrogen) atoms. The van der Waals surface area contributed by atoms with E-state index < -0.39 is 5.41 Å². The minimum Gasteiger partial charge on any atom is -0.325 e. The number of amides is 1. The minimum atomic E-state index is -0.414. The van der Waals surface area contributed by atoms with Crippen LogP contribution < -0.4 is 10.6 Å². The summed E-state index contributed by atoms with van der Waals surface area (Å²) in [5.41, 5.74) is 3.07. The van der Waals surface area contributed by atoms with Crippen molar-refractivity contribution in [1.82, 2.24) is 5.32 Å². The quantitative estimate of drug-likeness (QED) is 0.895. The van der Waals surface area contributed by atoms with Crippen molar-refractivity contribution in [2.75, 3.05) is 12.4 Å². The van der Waals surface area contributed by atoms with E-state index in [1.807, 2.05) is 13.8 Å². The third-order valence-electron chi connectivity index (χ3n) is 6.06. The van der Waals surface area contributed by atoms with Gasteiger partial charge in [0.2, 0.25) is 5.91 Å². The molecule has 3 atom stereocenters. The molecule has 1 aliphatic heterocycles. The Balaban J connectivity index is 1.67. The highest BCUT2D eigenvalue weighted by atomic mass is 16.2. The first-order valence-corrected chi connectivity index (χ1v) is 8.17. The fourth-order valence-corrected chi connectivity index (χ4v) is 4.73. The van der Waals surface area contributed by atoms with Gasteiger partial charge in [0.1, 0.15) is 0 Å². The van der Waals surface area contributed by atoms with E-state index in [4.69, 9.17) is 0 Å². The van der Waals surface area contributed by atoms with E-state index in [2.05, 4.69) is 35.9 Å². The third-order valence-corrected chi connectivity index (χ3v) is 6.06. The van der Waals surface area contributed by atoms with Gasteiger partial charge in [0.25, 0.3) is 0 Å². The molecule has 0 bridgehead atoms. The molecule has 0 aromatic heterocycles. The van der Waals surface area contributed by atoms with E-state index in [1.54, 1.807) is 0 Å². The normalized spacial score (nSPS) is 33.3. The van der Waals surface area contributed by atoms with Crippen LogP contribution in [0.5, 0.6) is 0 Å². The highest BCUT2D eigenvalue weighted by Gasteiger charge is 2.55. The van der Waals surface area contributed by atoms with E-state index >= 15 is 0 Å². The van der Waals surface area contributed by atoms with Gasteiger partial charge < -0.3 is 10.6 Å². The van der Waals surface area contributed by atoms with Gasteiger partial charge >= 0.3 is 0 Å². The van der Waals surface area contributed by atoms with Crippen molar-refractivity contribution in [3.63, 3.8) is 0 Å². The highest BCUT2D eigenvalue weighted by molar-refractivity contribution is 6.05. The minimum absolute atomic E-state index is 0.110. The number of benzene rings is 1. The Kier molecular flexibility index (Phi) is 2.74. The summed E-state index contributed by atoms with van der Waals surface area (Å²) in [4.78, 5) is 12.1. The van der Waals surface area contributed by atoms with Crippen LogP contribution in [0, 0.1) is 17.8 Å². The standard InChI is InChI=1S/C18H24N2O/c1-18(2)13-9-10(7-8-14(13)20-17(18)21)16(19-3)15-11-5-4-6-12(11)15/h7-9,11-12,15-16,19H,4-6H2,1-3H3,(H,20,21). The molecule has 2 aliphatic carbocycles. The molecule has 2 fully saturated rings. The molecule has 4 rings (SSSR count). The molecule has 3 unspecified atom stereocenters. The zero-order chi connectivity index (χ0) is 14.8. The summed E-state index contributed by atoms with van der Waals surface area (Å²) >= 11 is 0. The SMILES string of the molecule is CNC(c1ccc2c(c1)C(C)(C)C(=O)N2)C1C2CCCC21. The van der Waals surface area contributed by atoms with E-state index in [0.29, 0.717) is 6.04 Å². The Morgan fingerprint density at radius 1 is 1.29 bits per heavy atom. The molecule has 3 nitrogen and oxygen atoms in total. The predicted molar refractivity (Wildman–Crippen MR) is 84.2 cm³/mol. The number of carbonyl (C=O) groups is 1. The van der Waals surface area contributed by atoms with E-state index in [0.717, 1.165) is 29.0 Å². The molecular weight excluding hydrogens is 260 g/mol. The molecule has 1 aromatic carbocycles. The van der Waals surface area contributed by atoms with Crippen LogP contribution in [0.2, 0.25) is 0 Å². The number of fused-ring (bicyclic) bond motifs is 2. The molecule has 3 aliphatic rings.